The van der Waals surface area contributed by atoms with Crippen LogP contribution in [0, 0.1) is 6.92 Å². The topological polar surface area (TPSA) is 51.8 Å². The molecule has 0 aliphatic rings. The van der Waals surface area contributed by atoms with E-state index in [4.69, 9.17) is 5.73 Å². The highest BCUT2D eigenvalue weighted by Crippen LogP contribution is 2.14. The van der Waals surface area contributed by atoms with Crippen LogP contribution in [0.15, 0.2) is 30.3 Å². The second-order valence-electron chi connectivity index (χ2n) is 5.25. The van der Waals surface area contributed by atoms with Gasteiger partial charge in [-0.05, 0) is 43.0 Å². The summed E-state index contributed by atoms with van der Waals surface area (Å²) in [7, 11) is 0. The predicted octanol–water partition coefficient (Wildman–Crippen LogP) is 3.28. The van der Waals surface area contributed by atoms with Gasteiger partial charge in [0.1, 0.15) is 5.82 Å². The second kappa shape index (κ2) is 5.83. The summed E-state index contributed by atoms with van der Waals surface area (Å²) in [6, 6.07) is 10.1. The highest BCUT2D eigenvalue weighted by atomic mass is 14.9. The molecule has 2 N–H and O–H groups in total. The highest BCUT2D eigenvalue weighted by Gasteiger charge is 2.06. The number of nitrogens with two attached hydrogens (primary N) is 1. The van der Waals surface area contributed by atoms with Gasteiger partial charge in [-0.3, -0.25) is 0 Å². The number of nitrogen functional groups attached to an aromatic ring is 1. The first-order valence-electron chi connectivity index (χ1n) is 6.73. The predicted molar refractivity (Wildman–Crippen MR) is 79.1 cm³/mol. The molecule has 100 valence electrons. The molecule has 1 aromatic heterocycles. The van der Waals surface area contributed by atoms with Gasteiger partial charge < -0.3 is 5.73 Å². The van der Waals surface area contributed by atoms with Crippen LogP contribution in [0.25, 0.3) is 0 Å². The third-order valence-corrected chi connectivity index (χ3v) is 3.13. The van der Waals surface area contributed by atoms with Crippen molar-refractivity contribution in [1.82, 2.24) is 9.97 Å². The molecule has 0 fully saturated rings. The van der Waals surface area contributed by atoms with Gasteiger partial charge in [0.2, 0.25) is 0 Å². The van der Waals surface area contributed by atoms with Crippen molar-refractivity contribution in [2.75, 3.05) is 5.73 Å². The lowest BCUT2D eigenvalue weighted by atomic mass is 10.1. The Balaban J connectivity index is 2.08. The fourth-order valence-corrected chi connectivity index (χ4v) is 2.00. The van der Waals surface area contributed by atoms with Crippen molar-refractivity contribution < 1.29 is 0 Å². The minimum Gasteiger partial charge on any atom is -0.399 e. The van der Waals surface area contributed by atoms with Crippen molar-refractivity contribution in [3.8, 4) is 0 Å². The molecule has 0 aliphatic heterocycles. The lowest BCUT2D eigenvalue weighted by Crippen LogP contribution is -2.04. The Morgan fingerprint density at radius 3 is 2.37 bits per heavy atom. The van der Waals surface area contributed by atoms with E-state index in [2.05, 4.69) is 42.0 Å². The summed E-state index contributed by atoms with van der Waals surface area (Å²) in [4.78, 5) is 9.14. The Bertz CT molecular complexity index is 544. The van der Waals surface area contributed by atoms with Gasteiger partial charge in [-0.1, -0.05) is 26.0 Å². The molecule has 0 aliphatic carbocycles. The Hall–Kier alpha value is -1.90. The largest absolute Gasteiger partial charge is 0.399 e. The Labute approximate surface area is 114 Å². The van der Waals surface area contributed by atoms with Crippen LogP contribution >= 0.6 is 0 Å². The van der Waals surface area contributed by atoms with Gasteiger partial charge in [0.05, 0.1) is 0 Å². The van der Waals surface area contributed by atoms with Gasteiger partial charge >= 0.3 is 0 Å². The smallest absolute Gasteiger partial charge is 0.129 e. The van der Waals surface area contributed by atoms with E-state index in [-0.39, 0.29) is 0 Å². The highest BCUT2D eigenvalue weighted by molar-refractivity contribution is 5.39. The Morgan fingerprint density at radius 2 is 1.74 bits per heavy atom. The van der Waals surface area contributed by atoms with Crippen molar-refractivity contribution in [2.24, 2.45) is 0 Å². The van der Waals surface area contributed by atoms with Crippen molar-refractivity contribution >= 4 is 5.69 Å². The number of nitrogens with zero attached hydrogens (tertiary/aromatic N) is 2. The SMILES string of the molecule is Cc1cc(C(C)C)nc(CCc2ccc(N)cc2)n1. The first kappa shape index (κ1) is 13.5. The molecule has 2 rings (SSSR count). The standard InChI is InChI=1S/C16H21N3/c1-11(2)15-10-12(3)18-16(19-15)9-6-13-4-7-14(17)8-5-13/h4-5,7-8,10-11H,6,9,17H2,1-3H3. The first-order chi connectivity index (χ1) is 9.04. The number of hydrogen-bond donors (Lipinski definition) is 1. The molecule has 0 atom stereocenters. The summed E-state index contributed by atoms with van der Waals surface area (Å²) in [5, 5.41) is 0. The summed E-state index contributed by atoms with van der Waals surface area (Å²) >= 11 is 0. The van der Waals surface area contributed by atoms with E-state index in [0.29, 0.717) is 5.92 Å². The summed E-state index contributed by atoms with van der Waals surface area (Å²) in [5.41, 5.74) is 9.93. The van der Waals surface area contributed by atoms with Crippen LogP contribution in [0.4, 0.5) is 5.69 Å². The average Bonchev–Trinajstić information content (AvgIpc) is 2.37. The van der Waals surface area contributed by atoms with Crippen LogP contribution in [-0.4, -0.2) is 9.97 Å². The van der Waals surface area contributed by atoms with Crippen molar-refractivity contribution in [3.63, 3.8) is 0 Å². The van der Waals surface area contributed by atoms with Crippen molar-refractivity contribution in [1.29, 1.82) is 0 Å². The molecule has 0 bridgehead atoms. The molecule has 0 unspecified atom stereocenters. The number of hydrogen-bond acceptors (Lipinski definition) is 3. The van der Waals surface area contributed by atoms with Gasteiger partial charge in [-0.15, -0.1) is 0 Å². The van der Waals surface area contributed by atoms with E-state index in [1.165, 1.54) is 5.56 Å². The van der Waals surface area contributed by atoms with Crippen LogP contribution in [-0.2, 0) is 12.8 Å². The molecule has 3 heteroatoms. The fraction of sp³-hybridized carbons (Fsp3) is 0.375. The zero-order valence-electron chi connectivity index (χ0n) is 11.9. The van der Waals surface area contributed by atoms with E-state index >= 15 is 0 Å². The van der Waals surface area contributed by atoms with Gasteiger partial charge in [-0.25, -0.2) is 9.97 Å². The first-order valence-corrected chi connectivity index (χ1v) is 6.73. The van der Waals surface area contributed by atoms with Gasteiger partial charge in [0.15, 0.2) is 0 Å². The fourth-order valence-electron chi connectivity index (χ4n) is 2.00. The molecule has 19 heavy (non-hydrogen) atoms. The summed E-state index contributed by atoms with van der Waals surface area (Å²) < 4.78 is 0. The number of rotatable bonds is 4. The third kappa shape index (κ3) is 3.78. The quantitative estimate of drug-likeness (QED) is 0.853. The minimum atomic E-state index is 0.442. The number of aryl methyl sites for hydroxylation is 3. The monoisotopic (exact) mass is 255 g/mol. The summed E-state index contributed by atoms with van der Waals surface area (Å²) in [5.74, 6) is 1.37. The zero-order chi connectivity index (χ0) is 13.8. The van der Waals surface area contributed by atoms with Crippen LogP contribution in [0.2, 0.25) is 0 Å². The van der Waals surface area contributed by atoms with Crippen molar-refractivity contribution in [3.05, 3.63) is 53.1 Å². The number of aromatic nitrogens is 2. The Kier molecular flexibility index (Phi) is 4.15. The van der Waals surface area contributed by atoms with Gasteiger partial charge in [0.25, 0.3) is 0 Å². The molecule has 2 aromatic rings. The zero-order valence-corrected chi connectivity index (χ0v) is 11.9. The molecule has 1 heterocycles. The van der Waals surface area contributed by atoms with Crippen LogP contribution in [0.5, 0.6) is 0 Å². The molecule has 1 aromatic carbocycles. The molecule has 3 nitrogen and oxygen atoms in total. The maximum absolute atomic E-state index is 5.68. The lowest BCUT2D eigenvalue weighted by Gasteiger charge is -2.08. The van der Waals surface area contributed by atoms with Gasteiger partial charge in [0, 0.05) is 23.5 Å². The second-order valence-corrected chi connectivity index (χ2v) is 5.25. The molecule has 0 saturated heterocycles. The van der Waals surface area contributed by atoms with E-state index in [1.807, 2.05) is 19.1 Å². The third-order valence-electron chi connectivity index (χ3n) is 3.13. The van der Waals surface area contributed by atoms with E-state index in [0.717, 1.165) is 35.7 Å². The van der Waals surface area contributed by atoms with Crippen molar-refractivity contribution in [2.45, 2.75) is 39.5 Å². The summed E-state index contributed by atoms with van der Waals surface area (Å²) in [6.07, 6.45) is 1.81. The molecule has 0 amide bonds. The lowest BCUT2D eigenvalue weighted by molar-refractivity contribution is 0.763. The van der Waals surface area contributed by atoms with Gasteiger partial charge in [-0.2, -0.15) is 0 Å². The number of anilines is 1. The van der Waals surface area contributed by atoms with Crippen LogP contribution < -0.4 is 5.73 Å². The average molecular weight is 255 g/mol. The van der Waals surface area contributed by atoms with E-state index in [1.54, 1.807) is 0 Å². The van der Waals surface area contributed by atoms with Crippen LogP contribution in [0.1, 0.15) is 42.5 Å². The summed E-state index contributed by atoms with van der Waals surface area (Å²) in [6.45, 7) is 6.34. The molecule has 0 saturated carbocycles. The normalized spacial score (nSPS) is 10.9. The minimum absolute atomic E-state index is 0.442. The molecule has 0 radical (unpaired) electrons. The maximum atomic E-state index is 5.68. The molecular formula is C16H21N3. The number of benzene rings is 1. The molecular weight excluding hydrogens is 234 g/mol. The maximum Gasteiger partial charge on any atom is 0.129 e. The Morgan fingerprint density at radius 1 is 1.05 bits per heavy atom. The van der Waals surface area contributed by atoms with E-state index in [9.17, 15) is 0 Å². The molecule has 0 spiro atoms. The van der Waals surface area contributed by atoms with Crippen LogP contribution in [0.3, 0.4) is 0 Å². The van der Waals surface area contributed by atoms with E-state index < -0.39 is 0 Å².